The smallest absolute Gasteiger partial charge is 0.121 e. The predicted octanol–water partition coefficient (Wildman–Crippen LogP) is 16.5. The largest absolute Gasteiger partial charge is 0.501 e. The van der Waals surface area contributed by atoms with Crippen LogP contribution < -0.4 is 5.19 Å². The first-order valence-corrected chi connectivity index (χ1v) is 27.4. The maximum atomic E-state index is 7.35. The van der Waals surface area contributed by atoms with Gasteiger partial charge in [-0.3, -0.25) is 9.97 Å². The van der Waals surface area contributed by atoms with Gasteiger partial charge in [-0.1, -0.05) is 168 Å². The number of aryl methyl sites for hydroxylation is 3. The summed E-state index contributed by atoms with van der Waals surface area (Å²) >= 11 is 0. The fourth-order valence-electron chi connectivity index (χ4n) is 9.34. The Balaban J connectivity index is 0.000000264. The normalized spacial score (nSPS) is 12.5. The number of furan rings is 1. The molecule has 0 saturated carbocycles. The molecular formula is C63H58IrN4OSi-2. The first-order chi connectivity index (χ1) is 34.4. The van der Waals surface area contributed by atoms with Gasteiger partial charge in [-0.25, -0.2) is 0 Å². The summed E-state index contributed by atoms with van der Waals surface area (Å²) in [5, 5.41) is 4.49. The molecule has 0 aliphatic carbocycles. The molecule has 7 heteroatoms. The van der Waals surface area contributed by atoms with E-state index >= 15 is 0 Å². The van der Waals surface area contributed by atoms with Crippen molar-refractivity contribution < 1.29 is 28.6 Å². The van der Waals surface area contributed by atoms with Gasteiger partial charge in [-0.05, 0) is 94.2 Å². The fraction of sp³-hybridized carbons (Fsp3) is 0.190. The Morgan fingerprint density at radius 1 is 0.643 bits per heavy atom. The van der Waals surface area contributed by atoms with Crippen LogP contribution in [0.2, 0.25) is 19.6 Å². The molecule has 0 saturated heterocycles. The van der Waals surface area contributed by atoms with Crippen LogP contribution in [-0.2, 0) is 20.1 Å². The molecule has 351 valence electrons. The molecule has 0 spiro atoms. The standard InChI is InChI=1S/C48H40N3O.C15H18NSi.Ir/c1-28(2)40-25-35(32-13-8-7-9-14-32)26-41(29(3)4)45(40)51-46-38-15-10-11-18-42(38)49-31(6)44(46)50-48(51)39-17-12-16-37-36-24-23-34(27-43(36)52-47(37)39)33-21-19-30(5)20-22-33;1-12-5-7-13(8-6-12)15-10-9-14(11-16-15)17(2,3)4;/h7-16,18-29H,1-6H3;5-7,9-11H,1-4H3;/q2*-1;/i;1D3;. The molecule has 1 radical (unpaired) electrons. The van der Waals surface area contributed by atoms with E-state index in [1.54, 1.807) is 12.1 Å². The van der Waals surface area contributed by atoms with Crippen molar-refractivity contribution >= 4 is 57.1 Å². The van der Waals surface area contributed by atoms with Crippen molar-refractivity contribution in [3.05, 3.63) is 198 Å². The topological polar surface area (TPSA) is 56.7 Å². The number of fused-ring (bicyclic) bond motifs is 6. The molecule has 0 fully saturated rings. The molecule has 0 atom stereocenters. The summed E-state index contributed by atoms with van der Waals surface area (Å²) in [6.45, 7) is 18.1. The maximum Gasteiger partial charge on any atom is 0.121 e. The monoisotopic (exact) mass is 1110 g/mol. The van der Waals surface area contributed by atoms with Crippen LogP contribution in [0.15, 0.2) is 162 Å². The second-order valence-electron chi connectivity index (χ2n) is 19.8. The van der Waals surface area contributed by atoms with Crippen molar-refractivity contribution in [3.8, 4) is 50.6 Å². The number of hydrogen-bond donors (Lipinski definition) is 0. The summed E-state index contributed by atoms with van der Waals surface area (Å²) in [7, 11) is -1.34. The summed E-state index contributed by atoms with van der Waals surface area (Å²) in [6, 6.07) is 58.8. The SMILES string of the molecule is Cc1ccc(-c2ccc3c(c2)oc2c(-c4nc5c(C)nc6ccccc6c5n4-c4c(C(C)C)cc(-c5ccccc5)cc4C(C)C)[c-]ccc23)cc1.[2H]C([2H])([2H])c1c[c-]c(-c2ccc([Si](C)(C)C)cn2)cc1.[Ir]. The Labute approximate surface area is 431 Å². The molecule has 11 aromatic rings. The third kappa shape index (κ3) is 9.22. The van der Waals surface area contributed by atoms with Crippen LogP contribution in [0.25, 0.3) is 94.5 Å². The first kappa shape index (κ1) is 44.4. The van der Waals surface area contributed by atoms with E-state index in [-0.39, 0.29) is 31.9 Å². The van der Waals surface area contributed by atoms with Gasteiger partial charge in [0.05, 0.1) is 41.7 Å². The quantitative estimate of drug-likeness (QED) is 0.112. The summed E-state index contributed by atoms with van der Waals surface area (Å²) < 4.78 is 31.3. The zero-order valence-electron chi connectivity index (χ0n) is 44.2. The molecule has 0 aliphatic rings. The number of pyridine rings is 2. The Kier molecular flexibility index (Phi) is 12.4. The average Bonchev–Trinajstić information content (AvgIpc) is 3.96. The Hall–Kier alpha value is -6.76. The Morgan fingerprint density at radius 2 is 1.33 bits per heavy atom. The van der Waals surface area contributed by atoms with Crippen molar-refractivity contribution in [2.24, 2.45) is 0 Å². The molecule has 70 heavy (non-hydrogen) atoms. The van der Waals surface area contributed by atoms with Crippen LogP contribution in [0.3, 0.4) is 0 Å². The zero-order chi connectivity index (χ0) is 50.6. The minimum atomic E-state index is -2.08. The van der Waals surface area contributed by atoms with Gasteiger partial charge in [0.25, 0.3) is 0 Å². The van der Waals surface area contributed by atoms with Gasteiger partial charge in [0.2, 0.25) is 0 Å². The fourth-order valence-corrected chi connectivity index (χ4v) is 10.4. The first-order valence-electron chi connectivity index (χ1n) is 25.4. The predicted molar refractivity (Wildman–Crippen MR) is 293 cm³/mol. The summed E-state index contributed by atoms with van der Waals surface area (Å²) in [5.41, 5.74) is 17.9. The van der Waals surface area contributed by atoms with Crippen LogP contribution in [0.5, 0.6) is 0 Å². The average molecular weight is 1110 g/mol. The Bertz CT molecular complexity index is 3700. The molecule has 0 aliphatic heterocycles. The molecule has 0 unspecified atom stereocenters. The minimum Gasteiger partial charge on any atom is -0.501 e. The summed E-state index contributed by atoms with van der Waals surface area (Å²) in [6.07, 6.45) is 1.92. The number of rotatable bonds is 8. The molecule has 0 amide bonds. The molecule has 4 aromatic heterocycles. The second-order valence-corrected chi connectivity index (χ2v) is 24.9. The number of benzene rings is 7. The second kappa shape index (κ2) is 19.6. The minimum absolute atomic E-state index is 0. The van der Waals surface area contributed by atoms with E-state index in [1.165, 1.54) is 44.8 Å². The zero-order valence-corrected chi connectivity index (χ0v) is 44.6. The molecule has 0 bridgehead atoms. The van der Waals surface area contributed by atoms with E-state index < -0.39 is 14.9 Å². The van der Waals surface area contributed by atoms with Gasteiger partial charge in [-0.2, -0.15) is 0 Å². The number of para-hydroxylation sites is 1. The van der Waals surface area contributed by atoms with Crippen molar-refractivity contribution in [1.82, 2.24) is 19.5 Å². The van der Waals surface area contributed by atoms with Gasteiger partial charge >= 0.3 is 0 Å². The molecule has 5 nitrogen and oxygen atoms in total. The molecule has 4 heterocycles. The van der Waals surface area contributed by atoms with Gasteiger partial charge in [0.15, 0.2) is 0 Å². The summed E-state index contributed by atoms with van der Waals surface area (Å²) in [5.74, 6) is 1.28. The van der Waals surface area contributed by atoms with Crippen LogP contribution in [0, 0.1) is 32.8 Å². The maximum absolute atomic E-state index is 7.35. The van der Waals surface area contributed by atoms with E-state index in [4.69, 9.17) is 18.5 Å². The van der Waals surface area contributed by atoms with Gasteiger partial charge < -0.3 is 14.0 Å². The van der Waals surface area contributed by atoms with Crippen LogP contribution >= 0.6 is 0 Å². The van der Waals surface area contributed by atoms with Gasteiger partial charge in [0.1, 0.15) is 5.58 Å². The molecule has 11 rings (SSSR count). The Morgan fingerprint density at radius 3 is 1.99 bits per heavy atom. The molecule has 7 aromatic carbocycles. The van der Waals surface area contributed by atoms with Crippen molar-refractivity contribution in [2.45, 2.75) is 79.9 Å². The number of nitrogens with zero attached hydrogens (tertiary/aromatic N) is 4. The van der Waals surface area contributed by atoms with E-state index in [9.17, 15) is 0 Å². The summed E-state index contributed by atoms with van der Waals surface area (Å²) in [4.78, 5) is 15.0. The third-order valence-corrected chi connectivity index (χ3v) is 15.2. The van der Waals surface area contributed by atoms with Gasteiger partial charge in [-0.15, -0.1) is 53.6 Å². The third-order valence-electron chi connectivity index (χ3n) is 13.2. The van der Waals surface area contributed by atoms with Crippen LogP contribution in [0.1, 0.15) is 71.6 Å². The van der Waals surface area contributed by atoms with Crippen molar-refractivity contribution in [3.63, 3.8) is 0 Å². The van der Waals surface area contributed by atoms with Gasteiger partial charge in [0, 0.05) is 46.9 Å². The van der Waals surface area contributed by atoms with Crippen LogP contribution in [-0.4, -0.2) is 27.6 Å². The van der Waals surface area contributed by atoms with Crippen molar-refractivity contribution in [2.75, 3.05) is 0 Å². The van der Waals surface area contributed by atoms with Crippen LogP contribution in [0.4, 0.5) is 0 Å². The van der Waals surface area contributed by atoms with Crippen molar-refractivity contribution in [1.29, 1.82) is 0 Å². The molecular weight excluding hydrogens is 1050 g/mol. The van der Waals surface area contributed by atoms with E-state index in [1.807, 2.05) is 18.3 Å². The van der Waals surface area contributed by atoms with E-state index in [2.05, 4.69) is 204 Å². The molecule has 0 N–H and O–H groups in total. The number of hydrogen-bond acceptors (Lipinski definition) is 4. The number of imidazole rings is 1. The number of aromatic nitrogens is 4. The van der Waals surface area contributed by atoms with E-state index in [0.29, 0.717) is 5.56 Å². The van der Waals surface area contributed by atoms with E-state index in [0.717, 1.165) is 83.3 Å².